The van der Waals surface area contributed by atoms with Crippen LogP contribution in [0.15, 0.2) is 48.7 Å². The lowest BCUT2D eigenvalue weighted by Crippen LogP contribution is -2.49. The van der Waals surface area contributed by atoms with E-state index >= 15 is 0 Å². The Morgan fingerprint density at radius 2 is 1.58 bits per heavy atom. The molecule has 9 heteroatoms. The predicted octanol–water partition coefficient (Wildman–Crippen LogP) is 1.56. The summed E-state index contributed by atoms with van der Waals surface area (Å²) in [6.45, 7) is 4.00. The molecule has 160 valence electrons. The van der Waals surface area contributed by atoms with E-state index in [4.69, 9.17) is 9.97 Å². The number of piperazine rings is 1. The molecule has 5 rings (SSSR count). The molecule has 0 spiro atoms. The Morgan fingerprint density at radius 1 is 0.839 bits per heavy atom. The van der Waals surface area contributed by atoms with Gasteiger partial charge >= 0.3 is 0 Å². The Bertz CT molecular complexity index is 1110. The van der Waals surface area contributed by atoms with Crippen LogP contribution in [0.25, 0.3) is 11.0 Å². The highest BCUT2D eigenvalue weighted by atomic mass is 32.2. The van der Waals surface area contributed by atoms with Gasteiger partial charge in [0.2, 0.25) is 5.95 Å². The lowest BCUT2D eigenvalue weighted by Gasteiger charge is -2.35. The largest absolute Gasteiger partial charge is 0.353 e. The number of rotatable bonds is 3. The number of pyridine rings is 1. The average molecular weight is 437 g/mol. The summed E-state index contributed by atoms with van der Waals surface area (Å²) in [5, 5.41) is 0. The summed E-state index contributed by atoms with van der Waals surface area (Å²) >= 11 is 0. The lowest BCUT2D eigenvalue weighted by molar-refractivity contribution is 0.0746. The molecule has 2 aliphatic heterocycles. The summed E-state index contributed by atoms with van der Waals surface area (Å²) < 4.78 is 11.8. The number of aromatic nitrogens is 3. The van der Waals surface area contributed by atoms with E-state index < -0.39 is 10.8 Å². The van der Waals surface area contributed by atoms with E-state index in [9.17, 15) is 9.00 Å². The fourth-order valence-electron chi connectivity index (χ4n) is 4.02. The van der Waals surface area contributed by atoms with E-state index in [1.807, 2.05) is 47.4 Å². The molecule has 4 heterocycles. The average Bonchev–Trinajstić information content (AvgIpc) is 2.84. The molecule has 0 bridgehead atoms. The van der Waals surface area contributed by atoms with Gasteiger partial charge in [0, 0.05) is 73.3 Å². The first-order chi connectivity index (χ1) is 15.2. The minimum absolute atomic E-state index is 0.0610. The smallest absolute Gasteiger partial charge is 0.253 e. The number of fused-ring (bicyclic) bond motifs is 1. The number of carbonyl (C=O) groups excluding carboxylic acids is 1. The van der Waals surface area contributed by atoms with Gasteiger partial charge in [-0.1, -0.05) is 18.2 Å². The Morgan fingerprint density at radius 3 is 2.32 bits per heavy atom. The van der Waals surface area contributed by atoms with E-state index in [1.54, 1.807) is 6.20 Å². The number of benzene rings is 1. The van der Waals surface area contributed by atoms with Crippen LogP contribution in [-0.4, -0.2) is 80.7 Å². The molecule has 0 radical (unpaired) electrons. The van der Waals surface area contributed by atoms with Crippen LogP contribution < -0.4 is 9.80 Å². The van der Waals surface area contributed by atoms with E-state index in [0.717, 1.165) is 16.9 Å². The van der Waals surface area contributed by atoms with Crippen molar-refractivity contribution in [3.8, 4) is 0 Å². The highest BCUT2D eigenvalue weighted by Gasteiger charge is 2.26. The standard InChI is InChI=1S/C22H24N6O2S/c29-21(17-5-2-1-3-6-17)27-9-11-28(12-10-27)22-24-18-7-4-8-23-19(18)20(25-22)26-13-15-31(30)16-14-26/h1-8H,9-16H2. The van der Waals surface area contributed by atoms with Crippen molar-refractivity contribution in [1.29, 1.82) is 0 Å². The summed E-state index contributed by atoms with van der Waals surface area (Å²) in [6, 6.07) is 13.2. The first kappa shape index (κ1) is 19.9. The number of hydrogen-bond donors (Lipinski definition) is 0. The molecule has 2 aliphatic rings. The van der Waals surface area contributed by atoms with Gasteiger partial charge in [-0.05, 0) is 24.3 Å². The topological polar surface area (TPSA) is 82.5 Å². The molecular weight excluding hydrogens is 412 g/mol. The SMILES string of the molecule is O=C(c1ccccc1)N1CCN(c2nc(N3CCS(=O)CC3)c3ncccc3n2)CC1. The minimum atomic E-state index is -0.756. The molecule has 0 N–H and O–H groups in total. The summed E-state index contributed by atoms with van der Waals surface area (Å²) in [5.74, 6) is 2.82. The zero-order valence-electron chi connectivity index (χ0n) is 17.2. The third kappa shape index (κ3) is 4.10. The zero-order valence-corrected chi connectivity index (χ0v) is 18.0. The van der Waals surface area contributed by atoms with E-state index in [-0.39, 0.29) is 5.91 Å². The third-order valence-corrected chi connectivity index (χ3v) is 7.05. The van der Waals surface area contributed by atoms with Crippen molar-refractivity contribution < 1.29 is 9.00 Å². The van der Waals surface area contributed by atoms with Crippen molar-refractivity contribution in [1.82, 2.24) is 19.9 Å². The van der Waals surface area contributed by atoms with Crippen LogP contribution in [0.5, 0.6) is 0 Å². The molecule has 2 aromatic heterocycles. The summed E-state index contributed by atoms with van der Waals surface area (Å²) in [7, 11) is -0.756. The van der Waals surface area contributed by atoms with Crippen LogP contribution in [0.4, 0.5) is 11.8 Å². The molecule has 1 aromatic carbocycles. The van der Waals surface area contributed by atoms with Crippen LogP contribution in [0, 0.1) is 0 Å². The van der Waals surface area contributed by atoms with Crippen molar-refractivity contribution in [2.45, 2.75) is 0 Å². The minimum Gasteiger partial charge on any atom is -0.353 e. The normalized spacial score (nSPS) is 17.9. The number of anilines is 2. The molecule has 0 atom stereocenters. The Labute approximate surface area is 183 Å². The van der Waals surface area contributed by atoms with Crippen LogP contribution in [0.3, 0.4) is 0 Å². The molecule has 0 aliphatic carbocycles. The molecule has 31 heavy (non-hydrogen) atoms. The monoisotopic (exact) mass is 436 g/mol. The van der Waals surface area contributed by atoms with Gasteiger partial charge < -0.3 is 14.7 Å². The summed E-state index contributed by atoms with van der Waals surface area (Å²) in [6.07, 6.45) is 1.75. The maximum atomic E-state index is 12.7. The van der Waals surface area contributed by atoms with Gasteiger partial charge in [-0.3, -0.25) is 14.0 Å². The van der Waals surface area contributed by atoms with Gasteiger partial charge in [-0.25, -0.2) is 4.98 Å². The molecule has 0 saturated carbocycles. The highest BCUT2D eigenvalue weighted by molar-refractivity contribution is 7.85. The van der Waals surface area contributed by atoms with Crippen LogP contribution in [-0.2, 0) is 10.8 Å². The molecule has 2 fully saturated rings. The first-order valence-electron chi connectivity index (χ1n) is 10.5. The van der Waals surface area contributed by atoms with E-state index in [2.05, 4.69) is 14.8 Å². The number of nitrogens with zero attached hydrogens (tertiary/aromatic N) is 6. The lowest BCUT2D eigenvalue weighted by atomic mass is 10.2. The van der Waals surface area contributed by atoms with E-state index in [1.165, 1.54) is 0 Å². The van der Waals surface area contributed by atoms with Crippen molar-refractivity contribution in [3.05, 3.63) is 54.2 Å². The highest BCUT2D eigenvalue weighted by Crippen LogP contribution is 2.26. The Kier molecular flexibility index (Phi) is 5.50. The molecule has 3 aromatic rings. The second kappa shape index (κ2) is 8.58. The maximum Gasteiger partial charge on any atom is 0.253 e. The van der Waals surface area contributed by atoms with Crippen LogP contribution in [0.1, 0.15) is 10.4 Å². The molecule has 8 nitrogen and oxygen atoms in total. The molecular formula is C22H24N6O2S. The van der Waals surface area contributed by atoms with Crippen molar-refractivity contribution in [2.24, 2.45) is 0 Å². The second-order valence-corrected chi connectivity index (χ2v) is 9.39. The van der Waals surface area contributed by atoms with Crippen molar-refractivity contribution in [2.75, 3.05) is 60.6 Å². The van der Waals surface area contributed by atoms with Gasteiger partial charge in [0.15, 0.2) is 5.82 Å². The third-order valence-electron chi connectivity index (χ3n) is 5.77. The van der Waals surface area contributed by atoms with Gasteiger partial charge in [0.1, 0.15) is 5.52 Å². The zero-order chi connectivity index (χ0) is 21.2. The summed E-state index contributed by atoms with van der Waals surface area (Å²) in [5.41, 5.74) is 2.29. The van der Waals surface area contributed by atoms with Crippen molar-refractivity contribution >= 4 is 39.5 Å². The summed E-state index contributed by atoms with van der Waals surface area (Å²) in [4.78, 5) is 33.1. The quantitative estimate of drug-likeness (QED) is 0.616. The van der Waals surface area contributed by atoms with Gasteiger partial charge in [0.05, 0.1) is 5.52 Å². The van der Waals surface area contributed by atoms with Gasteiger partial charge in [0.25, 0.3) is 5.91 Å². The van der Waals surface area contributed by atoms with E-state index in [0.29, 0.717) is 62.3 Å². The first-order valence-corrected chi connectivity index (χ1v) is 12.0. The maximum absolute atomic E-state index is 12.7. The number of carbonyl (C=O) groups is 1. The number of amides is 1. The second-order valence-electron chi connectivity index (χ2n) is 7.70. The van der Waals surface area contributed by atoms with Crippen LogP contribution >= 0.6 is 0 Å². The fraction of sp³-hybridized carbons (Fsp3) is 0.364. The van der Waals surface area contributed by atoms with Crippen molar-refractivity contribution in [3.63, 3.8) is 0 Å². The Hall–Kier alpha value is -3.07. The number of hydrogen-bond acceptors (Lipinski definition) is 7. The molecule has 0 unspecified atom stereocenters. The van der Waals surface area contributed by atoms with Crippen LogP contribution in [0.2, 0.25) is 0 Å². The molecule has 1 amide bonds. The predicted molar refractivity (Wildman–Crippen MR) is 122 cm³/mol. The molecule has 2 saturated heterocycles. The van der Waals surface area contributed by atoms with Gasteiger partial charge in [-0.15, -0.1) is 0 Å². The fourth-order valence-corrected chi connectivity index (χ4v) is 5.08. The van der Waals surface area contributed by atoms with Gasteiger partial charge in [-0.2, -0.15) is 4.98 Å². The Balaban J connectivity index is 1.37.